The number of carbonyl (C=O) groups excluding carboxylic acids is 2. The van der Waals surface area contributed by atoms with Crippen LogP contribution in [0.25, 0.3) is 10.8 Å². The summed E-state index contributed by atoms with van der Waals surface area (Å²) in [5.41, 5.74) is 0. The molecule has 0 fully saturated rings. The summed E-state index contributed by atoms with van der Waals surface area (Å²) < 4.78 is 10.0. The molecule has 0 spiro atoms. The monoisotopic (exact) mass is 273 g/mol. The summed E-state index contributed by atoms with van der Waals surface area (Å²) in [6.07, 6.45) is -0.765. The molecular weight excluding hydrogens is 258 g/mol. The Morgan fingerprint density at radius 3 is 2.65 bits per heavy atom. The van der Waals surface area contributed by atoms with Crippen molar-refractivity contribution in [3.8, 4) is 5.75 Å². The predicted octanol–water partition coefficient (Wildman–Crippen LogP) is 2.49. The summed E-state index contributed by atoms with van der Waals surface area (Å²) in [5.74, 6) is 0.0542. The van der Waals surface area contributed by atoms with Gasteiger partial charge in [-0.1, -0.05) is 36.4 Å². The maximum absolute atomic E-state index is 11.5. The number of rotatable bonds is 4. The Hall–Kier alpha value is -2.56. The maximum atomic E-state index is 11.5. The zero-order valence-corrected chi connectivity index (χ0v) is 11.1. The highest BCUT2D eigenvalue weighted by molar-refractivity contribution is 5.93. The van der Waals surface area contributed by atoms with Crippen molar-refractivity contribution >= 4 is 22.8 Å². The Morgan fingerprint density at radius 2 is 1.85 bits per heavy atom. The standard InChI is InChI=1S/C15H15NO4/c1-2-19-15(18)16-14(17)10-20-13-9-5-7-11-6-3-4-8-12(11)13/h3-9H,2,10H2,1H3,(H,16,17,18). The SMILES string of the molecule is CCOC(=O)NC(=O)COc1cccc2ccccc12. The van der Waals surface area contributed by atoms with Crippen molar-refractivity contribution in [1.29, 1.82) is 0 Å². The molecule has 0 aliphatic rings. The Bertz CT molecular complexity index is 619. The zero-order chi connectivity index (χ0) is 14.4. The number of alkyl carbamates (subject to hydrolysis) is 1. The van der Waals surface area contributed by atoms with Gasteiger partial charge in [0.2, 0.25) is 0 Å². The number of hydrogen-bond donors (Lipinski definition) is 1. The molecule has 0 saturated carbocycles. The smallest absolute Gasteiger partial charge is 0.413 e. The minimum Gasteiger partial charge on any atom is -0.483 e. The summed E-state index contributed by atoms with van der Waals surface area (Å²) in [4.78, 5) is 22.6. The van der Waals surface area contributed by atoms with Crippen LogP contribution in [0.2, 0.25) is 0 Å². The van der Waals surface area contributed by atoms with Gasteiger partial charge in [0.15, 0.2) is 6.61 Å². The normalized spacial score (nSPS) is 10.1. The fraction of sp³-hybridized carbons (Fsp3) is 0.200. The molecule has 5 heteroatoms. The van der Waals surface area contributed by atoms with E-state index in [9.17, 15) is 9.59 Å². The topological polar surface area (TPSA) is 64.6 Å². The summed E-state index contributed by atoms with van der Waals surface area (Å²) in [7, 11) is 0. The van der Waals surface area contributed by atoms with Crippen LogP contribution >= 0.6 is 0 Å². The van der Waals surface area contributed by atoms with Crippen LogP contribution in [0.4, 0.5) is 4.79 Å². The average Bonchev–Trinajstić information content (AvgIpc) is 2.45. The van der Waals surface area contributed by atoms with Gasteiger partial charge in [-0.2, -0.15) is 0 Å². The second-order valence-corrected chi connectivity index (χ2v) is 4.03. The molecule has 104 valence electrons. The van der Waals surface area contributed by atoms with Gasteiger partial charge < -0.3 is 9.47 Å². The predicted molar refractivity (Wildman–Crippen MR) is 74.6 cm³/mol. The maximum Gasteiger partial charge on any atom is 0.413 e. The molecule has 2 aromatic rings. The van der Waals surface area contributed by atoms with Gasteiger partial charge in [0.1, 0.15) is 5.75 Å². The number of ether oxygens (including phenoxy) is 2. The third kappa shape index (κ3) is 3.47. The zero-order valence-electron chi connectivity index (χ0n) is 11.1. The van der Waals surface area contributed by atoms with Crippen molar-refractivity contribution in [3.05, 3.63) is 42.5 Å². The lowest BCUT2D eigenvalue weighted by atomic mass is 10.1. The van der Waals surface area contributed by atoms with E-state index < -0.39 is 12.0 Å². The molecule has 0 atom stereocenters. The molecule has 2 aromatic carbocycles. The number of amides is 2. The molecule has 0 saturated heterocycles. The van der Waals surface area contributed by atoms with E-state index in [4.69, 9.17) is 4.74 Å². The van der Waals surface area contributed by atoms with Crippen LogP contribution in [0.3, 0.4) is 0 Å². The van der Waals surface area contributed by atoms with E-state index in [2.05, 4.69) is 10.1 Å². The van der Waals surface area contributed by atoms with Gasteiger partial charge in [-0.3, -0.25) is 10.1 Å². The first-order valence-corrected chi connectivity index (χ1v) is 6.28. The highest BCUT2D eigenvalue weighted by Gasteiger charge is 2.09. The summed E-state index contributed by atoms with van der Waals surface area (Å²) >= 11 is 0. The van der Waals surface area contributed by atoms with Gasteiger partial charge in [0.25, 0.3) is 5.91 Å². The lowest BCUT2D eigenvalue weighted by Gasteiger charge is -2.09. The molecule has 0 aliphatic heterocycles. The van der Waals surface area contributed by atoms with E-state index in [0.29, 0.717) is 5.75 Å². The molecule has 20 heavy (non-hydrogen) atoms. The molecule has 0 bridgehead atoms. The number of carbonyl (C=O) groups is 2. The molecule has 0 aromatic heterocycles. The summed E-state index contributed by atoms with van der Waals surface area (Å²) in [5, 5.41) is 4.01. The minimum atomic E-state index is -0.765. The number of imide groups is 1. The molecule has 0 radical (unpaired) electrons. The minimum absolute atomic E-state index is 0.212. The highest BCUT2D eigenvalue weighted by atomic mass is 16.5. The van der Waals surface area contributed by atoms with Crippen molar-refractivity contribution in [1.82, 2.24) is 5.32 Å². The van der Waals surface area contributed by atoms with Gasteiger partial charge in [-0.25, -0.2) is 4.79 Å². The molecule has 2 amide bonds. The van der Waals surface area contributed by atoms with E-state index >= 15 is 0 Å². The van der Waals surface area contributed by atoms with Crippen molar-refractivity contribution in [2.24, 2.45) is 0 Å². The molecule has 1 N–H and O–H groups in total. The summed E-state index contributed by atoms with van der Waals surface area (Å²) in [6.45, 7) is 1.63. The Kier molecular flexibility index (Phi) is 4.55. The fourth-order valence-corrected chi connectivity index (χ4v) is 1.78. The van der Waals surface area contributed by atoms with Crippen LogP contribution in [0.5, 0.6) is 5.75 Å². The largest absolute Gasteiger partial charge is 0.483 e. The van der Waals surface area contributed by atoms with Gasteiger partial charge in [0, 0.05) is 5.39 Å². The number of hydrogen-bond acceptors (Lipinski definition) is 4. The van der Waals surface area contributed by atoms with E-state index in [1.807, 2.05) is 36.4 Å². The van der Waals surface area contributed by atoms with Gasteiger partial charge in [-0.05, 0) is 18.4 Å². The molecule has 0 heterocycles. The molecule has 0 unspecified atom stereocenters. The molecular formula is C15H15NO4. The third-order valence-electron chi connectivity index (χ3n) is 2.63. The van der Waals surface area contributed by atoms with E-state index in [1.165, 1.54) is 0 Å². The van der Waals surface area contributed by atoms with Crippen LogP contribution in [0.1, 0.15) is 6.92 Å². The van der Waals surface area contributed by atoms with Crippen LogP contribution < -0.4 is 10.1 Å². The Balaban J connectivity index is 1.99. The van der Waals surface area contributed by atoms with Crippen molar-refractivity contribution < 1.29 is 19.1 Å². The average molecular weight is 273 g/mol. The van der Waals surface area contributed by atoms with E-state index in [1.54, 1.807) is 13.0 Å². The Labute approximate surface area is 116 Å². The molecule has 5 nitrogen and oxygen atoms in total. The van der Waals surface area contributed by atoms with E-state index in [-0.39, 0.29) is 13.2 Å². The Morgan fingerprint density at radius 1 is 1.10 bits per heavy atom. The first kappa shape index (κ1) is 13.9. The number of benzene rings is 2. The first-order valence-electron chi connectivity index (χ1n) is 6.28. The number of fused-ring (bicyclic) bond motifs is 1. The van der Waals surface area contributed by atoms with Gasteiger partial charge in [0.05, 0.1) is 6.61 Å². The number of nitrogens with one attached hydrogen (secondary N) is 1. The highest BCUT2D eigenvalue weighted by Crippen LogP contribution is 2.24. The van der Waals surface area contributed by atoms with Crippen LogP contribution in [0, 0.1) is 0 Å². The first-order chi connectivity index (χ1) is 9.70. The van der Waals surface area contributed by atoms with Crippen LogP contribution in [-0.4, -0.2) is 25.2 Å². The lowest BCUT2D eigenvalue weighted by Crippen LogP contribution is -2.34. The molecule has 0 aliphatic carbocycles. The summed E-state index contributed by atoms with van der Waals surface area (Å²) in [6, 6.07) is 13.3. The van der Waals surface area contributed by atoms with E-state index in [0.717, 1.165) is 10.8 Å². The van der Waals surface area contributed by atoms with Gasteiger partial charge in [-0.15, -0.1) is 0 Å². The quantitative estimate of drug-likeness (QED) is 0.929. The van der Waals surface area contributed by atoms with Crippen molar-refractivity contribution in [3.63, 3.8) is 0 Å². The molecule has 2 rings (SSSR count). The fourth-order valence-electron chi connectivity index (χ4n) is 1.78. The van der Waals surface area contributed by atoms with Gasteiger partial charge >= 0.3 is 6.09 Å². The van der Waals surface area contributed by atoms with Crippen LogP contribution in [0.15, 0.2) is 42.5 Å². The van der Waals surface area contributed by atoms with Crippen molar-refractivity contribution in [2.75, 3.05) is 13.2 Å². The third-order valence-corrected chi connectivity index (χ3v) is 2.63. The second-order valence-electron chi connectivity index (χ2n) is 4.03. The lowest BCUT2D eigenvalue weighted by molar-refractivity contribution is -0.122. The van der Waals surface area contributed by atoms with Crippen molar-refractivity contribution in [2.45, 2.75) is 6.92 Å². The van der Waals surface area contributed by atoms with Crippen LogP contribution in [-0.2, 0) is 9.53 Å². The second kappa shape index (κ2) is 6.56.